The van der Waals surface area contributed by atoms with Crippen molar-refractivity contribution in [2.45, 2.75) is 19.1 Å². The van der Waals surface area contributed by atoms with E-state index in [1.54, 1.807) is 6.20 Å². The minimum atomic E-state index is -0.710. The van der Waals surface area contributed by atoms with Gasteiger partial charge in [0, 0.05) is 32.0 Å². The Kier molecular flexibility index (Phi) is 6.37. The molecule has 2 rings (SSSR count). The van der Waals surface area contributed by atoms with Gasteiger partial charge >= 0.3 is 0 Å². The predicted molar refractivity (Wildman–Crippen MR) is 74.3 cm³/mol. The van der Waals surface area contributed by atoms with Crippen LogP contribution in [0.15, 0.2) is 42.7 Å². The second-order valence-corrected chi connectivity index (χ2v) is 3.93. The van der Waals surface area contributed by atoms with Gasteiger partial charge in [0.1, 0.15) is 11.9 Å². The molecule has 0 amide bonds. The van der Waals surface area contributed by atoms with Crippen LogP contribution < -0.4 is 0 Å². The zero-order valence-electron chi connectivity index (χ0n) is 10.7. The minimum absolute atomic E-state index is 0.0423. The van der Waals surface area contributed by atoms with Gasteiger partial charge in [-0.2, -0.15) is 0 Å². The molecule has 1 unspecified atom stereocenters. The van der Waals surface area contributed by atoms with Gasteiger partial charge < -0.3 is 14.8 Å². The van der Waals surface area contributed by atoms with Gasteiger partial charge in [-0.05, 0) is 5.56 Å². The van der Waals surface area contributed by atoms with Gasteiger partial charge in [-0.25, -0.2) is 4.98 Å². The molecule has 0 aliphatic carbocycles. The summed E-state index contributed by atoms with van der Waals surface area (Å²) in [6.45, 7) is 0.637. The summed E-state index contributed by atoms with van der Waals surface area (Å²) in [5, 5.41) is 18.6. The van der Waals surface area contributed by atoms with Gasteiger partial charge in [-0.15, -0.1) is 12.8 Å². The van der Waals surface area contributed by atoms with E-state index in [4.69, 9.17) is 5.11 Å². The Morgan fingerprint density at radius 1 is 1.21 bits per heavy atom. The summed E-state index contributed by atoms with van der Waals surface area (Å²) in [7, 11) is 0. The molecule has 0 saturated carbocycles. The van der Waals surface area contributed by atoms with Gasteiger partial charge in [0.15, 0.2) is 0 Å². The van der Waals surface area contributed by atoms with Crippen LogP contribution in [-0.2, 0) is 6.54 Å². The molecule has 0 bridgehead atoms. The molecule has 1 heterocycles. The summed E-state index contributed by atoms with van der Waals surface area (Å²) >= 11 is 0. The molecule has 2 N–H and O–H groups in total. The molecule has 1 aromatic carbocycles. The Balaban J connectivity index is 0.000000861. The number of aliphatic hydroxyl groups is 2. The van der Waals surface area contributed by atoms with Gasteiger partial charge in [0.2, 0.25) is 0 Å². The highest BCUT2D eigenvalue weighted by Gasteiger charge is 2.13. The Bertz CT molecular complexity index is 491. The number of aliphatic hydroxyl groups excluding tert-OH is 2. The Hall–Kier alpha value is -2.09. The maximum atomic E-state index is 9.82. The van der Waals surface area contributed by atoms with Crippen LogP contribution in [0.25, 0.3) is 0 Å². The second-order valence-electron chi connectivity index (χ2n) is 3.93. The number of terminal acetylenes is 1. The summed E-state index contributed by atoms with van der Waals surface area (Å²) in [5.41, 5.74) is 1.16. The quantitative estimate of drug-likeness (QED) is 0.801. The summed E-state index contributed by atoms with van der Waals surface area (Å²) < 4.78 is 1.90. The molecule has 0 saturated heterocycles. The molecule has 0 radical (unpaired) electrons. The van der Waals surface area contributed by atoms with E-state index in [0.29, 0.717) is 18.8 Å². The minimum Gasteiger partial charge on any atom is -0.396 e. The largest absolute Gasteiger partial charge is 0.396 e. The Morgan fingerprint density at radius 2 is 1.89 bits per heavy atom. The van der Waals surface area contributed by atoms with E-state index >= 15 is 0 Å². The van der Waals surface area contributed by atoms with Crippen LogP contribution >= 0.6 is 0 Å². The molecule has 1 aromatic heterocycles. The van der Waals surface area contributed by atoms with Crippen LogP contribution in [0.1, 0.15) is 23.9 Å². The first kappa shape index (κ1) is 15.0. The lowest BCUT2D eigenvalue weighted by atomic mass is 10.2. The molecule has 0 spiro atoms. The van der Waals surface area contributed by atoms with E-state index in [1.165, 1.54) is 0 Å². The smallest absolute Gasteiger partial charge is 0.138 e. The molecule has 1 atom stereocenters. The van der Waals surface area contributed by atoms with Gasteiger partial charge in [-0.3, -0.25) is 0 Å². The van der Waals surface area contributed by atoms with Gasteiger partial charge in [-0.1, -0.05) is 30.3 Å². The maximum absolute atomic E-state index is 9.82. The van der Waals surface area contributed by atoms with Crippen molar-refractivity contribution in [2.24, 2.45) is 0 Å². The third-order valence-electron chi connectivity index (χ3n) is 2.64. The predicted octanol–water partition coefficient (Wildman–Crippen LogP) is 1.60. The lowest BCUT2D eigenvalue weighted by molar-refractivity contribution is 0.123. The monoisotopic (exact) mass is 258 g/mol. The van der Waals surface area contributed by atoms with E-state index in [1.807, 2.05) is 41.1 Å². The summed E-state index contributed by atoms with van der Waals surface area (Å²) in [4.78, 5) is 4.13. The molecule has 2 aromatic rings. The third kappa shape index (κ3) is 4.25. The fourth-order valence-corrected chi connectivity index (χ4v) is 1.78. The van der Waals surface area contributed by atoms with E-state index in [9.17, 15) is 5.11 Å². The Morgan fingerprint density at radius 3 is 2.53 bits per heavy atom. The normalized spacial score (nSPS) is 11.4. The van der Waals surface area contributed by atoms with Crippen LogP contribution in [-0.4, -0.2) is 26.4 Å². The number of benzene rings is 1. The molecular formula is C15H18N2O2. The third-order valence-corrected chi connectivity index (χ3v) is 2.64. The molecular weight excluding hydrogens is 240 g/mol. The molecule has 0 aliphatic rings. The zero-order valence-corrected chi connectivity index (χ0v) is 10.7. The lowest BCUT2D eigenvalue weighted by Gasteiger charge is -2.12. The number of hydrogen-bond acceptors (Lipinski definition) is 3. The van der Waals surface area contributed by atoms with Crippen molar-refractivity contribution in [2.75, 3.05) is 6.61 Å². The van der Waals surface area contributed by atoms with E-state index < -0.39 is 6.10 Å². The molecule has 100 valence electrons. The van der Waals surface area contributed by atoms with Crippen LogP contribution in [0.3, 0.4) is 0 Å². The average Bonchev–Trinajstić information content (AvgIpc) is 2.91. The number of nitrogens with zero attached hydrogens (tertiary/aromatic N) is 2. The standard InChI is InChI=1S/C13H16N2O2.C2H2/c16-9-6-12(17)13-14-7-8-15(13)10-11-4-2-1-3-5-11;1-2/h1-5,7-8,12,16-17H,6,9-10H2;1-2H. The molecule has 4 nitrogen and oxygen atoms in total. The lowest BCUT2D eigenvalue weighted by Crippen LogP contribution is -2.10. The Labute approximate surface area is 113 Å². The van der Waals surface area contributed by atoms with Crippen molar-refractivity contribution in [1.29, 1.82) is 0 Å². The van der Waals surface area contributed by atoms with Crippen LogP contribution in [0.5, 0.6) is 0 Å². The molecule has 19 heavy (non-hydrogen) atoms. The van der Waals surface area contributed by atoms with Crippen molar-refractivity contribution >= 4 is 0 Å². The first-order chi connectivity index (χ1) is 9.31. The molecule has 0 aliphatic heterocycles. The average molecular weight is 258 g/mol. The van der Waals surface area contributed by atoms with Crippen LogP contribution in [0.4, 0.5) is 0 Å². The van der Waals surface area contributed by atoms with Crippen LogP contribution in [0.2, 0.25) is 0 Å². The van der Waals surface area contributed by atoms with Gasteiger partial charge in [0.05, 0.1) is 0 Å². The van der Waals surface area contributed by atoms with E-state index in [0.717, 1.165) is 5.56 Å². The maximum Gasteiger partial charge on any atom is 0.138 e. The zero-order chi connectivity index (χ0) is 14.1. The molecule has 4 heteroatoms. The first-order valence-electron chi connectivity index (χ1n) is 5.98. The second kappa shape index (κ2) is 8.09. The fraction of sp³-hybridized carbons (Fsp3) is 0.267. The number of rotatable bonds is 5. The highest BCUT2D eigenvalue weighted by atomic mass is 16.3. The topological polar surface area (TPSA) is 58.3 Å². The highest BCUT2D eigenvalue weighted by molar-refractivity contribution is 5.16. The highest BCUT2D eigenvalue weighted by Crippen LogP contribution is 2.15. The van der Waals surface area contributed by atoms with Gasteiger partial charge in [0.25, 0.3) is 0 Å². The van der Waals surface area contributed by atoms with Crippen molar-refractivity contribution < 1.29 is 10.2 Å². The van der Waals surface area contributed by atoms with E-state index in [-0.39, 0.29) is 6.61 Å². The summed E-state index contributed by atoms with van der Waals surface area (Å²) in [6, 6.07) is 10.00. The van der Waals surface area contributed by atoms with Crippen molar-refractivity contribution in [1.82, 2.24) is 9.55 Å². The number of aromatic nitrogens is 2. The number of hydrogen-bond donors (Lipinski definition) is 2. The van der Waals surface area contributed by atoms with Crippen molar-refractivity contribution in [3.63, 3.8) is 0 Å². The SMILES string of the molecule is C#C.OCCC(O)c1nccn1Cc1ccccc1. The molecule has 0 fully saturated rings. The summed E-state index contributed by atoms with van der Waals surface area (Å²) in [6.07, 6.45) is 11.1. The van der Waals surface area contributed by atoms with Crippen molar-refractivity contribution in [3.05, 3.63) is 54.1 Å². The fourth-order valence-electron chi connectivity index (χ4n) is 1.78. The van der Waals surface area contributed by atoms with Crippen molar-refractivity contribution in [3.8, 4) is 12.8 Å². The summed E-state index contributed by atoms with van der Waals surface area (Å²) in [5.74, 6) is 0.600. The van der Waals surface area contributed by atoms with Crippen LogP contribution in [0, 0.1) is 12.8 Å². The first-order valence-corrected chi connectivity index (χ1v) is 5.98. The van der Waals surface area contributed by atoms with E-state index in [2.05, 4.69) is 17.8 Å². The number of imidazole rings is 1.